The van der Waals surface area contributed by atoms with Gasteiger partial charge < -0.3 is 9.15 Å². The van der Waals surface area contributed by atoms with Crippen LogP contribution >= 0.6 is 11.6 Å². The Morgan fingerprint density at radius 1 is 1.48 bits per heavy atom. The van der Waals surface area contributed by atoms with Crippen LogP contribution in [0.15, 0.2) is 27.5 Å². The lowest BCUT2D eigenvalue weighted by molar-refractivity contribution is 0.158. The number of rotatable bonds is 4. The van der Waals surface area contributed by atoms with Gasteiger partial charge >= 0.3 is 0 Å². The minimum atomic E-state index is -3.83. The Kier molecular flexibility index (Phi) is 4.41. The Morgan fingerprint density at radius 2 is 2.26 bits per heavy atom. The van der Waals surface area contributed by atoms with Gasteiger partial charge in [-0.1, -0.05) is 11.6 Å². The van der Waals surface area contributed by atoms with Gasteiger partial charge in [0.25, 0.3) is 0 Å². The lowest BCUT2D eigenvalue weighted by Crippen LogP contribution is -2.36. The summed E-state index contributed by atoms with van der Waals surface area (Å²) in [5.41, 5.74) is 0.560. The number of methoxy groups -OCH3 is 1. The molecule has 0 bridgehead atoms. The van der Waals surface area contributed by atoms with Gasteiger partial charge in [0, 0.05) is 20.1 Å². The number of fused-ring (bicyclic) bond motifs is 1. The van der Waals surface area contributed by atoms with Crippen LogP contribution in [0.2, 0.25) is 5.02 Å². The van der Waals surface area contributed by atoms with Crippen LogP contribution in [0.4, 0.5) is 4.39 Å². The molecule has 1 aromatic carbocycles. The van der Waals surface area contributed by atoms with Gasteiger partial charge in [-0.3, -0.25) is 0 Å². The van der Waals surface area contributed by atoms with E-state index in [9.17, 15) is 12.8 Å². The predicted octanol–water partition coefficient (Wildman–Crippen LogP) is 2.36. The van der Waals surface area contributed by atoms with Gasteiger partial charge in [-0.05, 0) is 18.2 Å². The summed E-state index contributed by atoms with van der Waals surface area (Å²) in [6.45, 7) is 0.548. The fraction of sp³-hybridized carbons (Fsp3) is 0.357. The third-order valence-corrected chi connectivity index (χ3v) is 5.84. The second-order valence-corrected chi connectivity index (χ2v) is 7.39. The van der Waals surface area contributed by atoms with Crippen molar-refractivity contribution in [3.63, 3.8) is 0 Å². The van der Waals surface area contributed by atoms with E-state index >= 15 is 0 Å². The molecule has 2 aromatic rings. The van der Waals surface area contributed by atoms with Crippen LogP contribution in [0.5, 0.6) is 0 Å². The van der Waals surface area contributed by atoms with Crippen LogP contribution in [0, 0.1) is 5.82 Å². The number of nitrogens with zero attached hydrogens (tertiary/aromatic N) is 2. The van der Waals surface area contributed by atoms with Gasteiger partial charge in [0.2, 0.25) is 15.9 Å². The zero-order chi connectivity index (χ0) is 16.6. The minimum absolute atomic E-state index is 0.0819. The molecule has 0 unspecified atom stereocenters. The van der Waals surface area contributed by atoms with Crippen molar-refractivity contribution in [1.82, 2.24) is 9.29 Å². The van der Waals surface area contributed by atoms with E-state index in [0.29, 0.717) is 23.8 Å². The summed E-state index contributed by atoms with van der Waals surface area (Å²) in [6.07, 6.45) is 0.407. The molecule has 2 heterocycles. The number of hydrogen-bond donors (Lipinski definition) is 0. The predicted molar refractivity (Wildman–Crippen MR) is 79.9 cm³/mol. The maximum Gasteiger partial charge on any atom is 0.244 e. The Balaban J connectivity index is 1.89. The highest BCUT2D eigenvalue weighted by molar-refractivity contribution is 7.89. The zero-order valence-electron chi connectivity index (χ0n) is 12.3. The molecule has 0 saturated carbocycles. The number of sulfonamides is 1. The third-order valence-electron chi connectivity index (χ3n) is 3.52. The molecule has 23 heavy (non-hydrogen) atoms. The quantitative estimate of drug-likeness (QED) is 0.837. The maximum absolute atomic E-state index is 13.1. The number of hydrogen-bond acceptors (Lipinski definition) is 5. The van der Waals surface area contributed by atoms with Crippen molar-refractivity contribution in [2.75, 3.05) is 13.7 Å². The van der Waals surface area contributed by atoms with Crippen molar-refractivity contribution < 1.29 is 22.0 Å². The number of aromatic nitrogens is 1. The van der Waals surface area contributed by atoms with Crippen molar-refractivity contribution in [3.8, 4) is 0 Å². The average Bonchev–Trinajstić information content (AvgIpc) is 2.88. The maximum atomic E-state index is 13.1. The molecule has 0 fully saturated rings. The Labute approximate surface area is 137 Å². The Morgan fingerprint density at radius 3 is 2.96 bits per heavy atom. The van der Waals surface area contributed by atoms with E-state index in [1.54, 1.807) is 0 Å². The molecule has 0 radical (unpaired) electrons. The topological polar surface area (TPSA) is 72.6 Å². The van der Waals surface area contributed by atoms with Crippen LogP contribution in [-0.4, -0.2) is 31.4 Å². The van der Waals surface area contributed by atoms with Crippen LogP contribution < -0.4 is 0 Å². The summed E-state index contributed by atoms with van der Waals surface area (Å²) in [6, 6.07) is 3.22. The molecular weight excluding hydrogens is 347 g/mol. The molecule has 1 aliphatic rings. The molecule has 3 rings (SSSR count). The molecule has 1 aliphatic heterocycles. The summed E-state index contributed by atoms with van der Waals surface area (Å²) in [5, 5.41) is -0.143. The number of halogens is 2. The summed E-state index contributed by atoms with van der Waals surface area (Å²) >= 11 is 5.88. The highest BCUT2D eigenvalue weighted by Gasteiger charge is 2.32. The van der Waals surface area contributed by atoms with Gasteiger partial charge in [-0.2, -0.15) is 4.31 Å². The van der Waals surface area contributed by atoms with Crippen molar-refractivity contribution in [2.45, 2.75) is 24.5 Å². The highest BCUT2D eigenvalue weighted by Crippen LogP contribution is 2.29. The fourth-order valence-electron chi connectivity index (χ4n) is 2.44. The lowest BCUT2D eigenvalue weighted by Gasteiger charge is -2.25. The molecule has 124 valence electrons. The Bertz CT molecular complexity index is 837. The van der Waals surface area contributed by atoms with E-state index in [1.807, 2.05) is 0 Å². The van der Waals surface area contributed by atoms with E-state index < -0.39 is 15.8 Å². The molecule has 0 N–H and O–H groups in total. The summed E-state index contributed by atoms with van der Waals surface area (Å²) in [4.78, 5) is 4.12. The monoisotopic (exact) mass is 360 g/mol. The summed E-state index contributed by atoms with van der Waals surface area (Å²) in [7, 11) is -2.31. The van der Waals surface area contributed by atoms with Crippen LogP contribution in [0.3, 0.4) is 0 Å². The molecule has 0 spiro atoms. The smallest absolute Gasteiger partial charge is 0.244 e. The molecule has 9 heteroatoms. The van der Waals surface area contributed by atoms with Crippen LogP contribution in [0.25, 0.3) is 0 Å². The van der Waals surface area contributed by atoms with E-state index in [4.69, 9.17) is 20.8 Å². The number of ether oxygens (including phenoxy) is 1. The van der Waals surface area contributed by atoms with Gasteiger partial charge in [0.15, 0.2) is 0 Å². The molecule has 0 atom stereocenters. The first-order valence-corrected chi connectivity index (χ1v) is 8.65. The van der Waals surface area contributed by atoms with E-state index in [0.717, 1.165) is 12.1 Å². The van der Waals surface area contributed by atoms with E-state index in [2.05, 4.69) is 4.98 Å². The highest BCUT2D eigenvalue weighted by atomic mass is 35.5. The summed E-state index contributed by atoms with van der Waals surface area (Å²) < 4.78 is 50.3. The molecular formula is C14H14ClFN2O4S. The van der Waals surface area contributed by atoms with Gasteiger partial charge in [-0.25, -0.2) is 17.8 Å². The minimum Gasteiger partial charge on any atom is -0.443 e. The molecule has 0 aliphatic carbocycles. The normalized spacial score (nSPS) is 15.6. The zero-order valence-corrected chi connectivity index (χ0v) is 13.8. The molecule has 6 nitrogen and oxygen atoms in total. The first-order chi connectivity index (χ1) is 10.9. The lowest BCUT2D eigenvalue weighted by atomic mass is 10.2. The van der Waals surface area contributed by atoms with E-state index in [1.165, 1.54) is 17.5 Å². The van der Waals surface area contributed by atoms with Crippen molar-refractivity contribution in [2.24, 2.45) is 0 Å². The van der Waals surface area contributed by atoms with Crippen molar-refractivity contribution in [3.05, 3.63) is 46.4 Å². The second kappa shape index (κ2) is 6.20. The molecule has 0 saturated heterocycles. The van der Waals surface area contributed by atoms with Crippen molar-refractivity contribution in [1.29, 1.82) is 0 Å². The number of oxazole rings is 1. The van der Waals surface area contributed by atoms with Crippen LogP contribution in [-0.2, 0) is 34.3 Å². The molecule has 0 amide bonds. The van der Waals surface area contributed by atoms with Gasteiger partial charge in [-0.15, -0.1) is 0 Å². The first-order valence-electron chi connectivity index (χ1n) is 6.83. The van der Waals surface area contributed by atoms with Crippen LogP contribution in [0.1, 0.15) is 17.3 Å². The number of benzene rings is 1. The van der Waals surface area contributed by atoms with Gasteiger partial charge in [0.1, 0.15) is 23.1 Å². The standard InChI is InChI=1S/C14H14ClFN2O4S/c1-21-8-14-17-11-7-18(5-4-12(11)22-14)23(19,20)13-3-2-9(16)6-10(13)15/h2-3,6H,4-5,7-8H2,1H3. The Hall–Kier alpha value is -1.48. The SMILES string of the molecule is COCc1nc2c(o1)CCN(S(=O)(=O)c1ccc(F)cc1Cl)C2. The fourth-order valence-corrected chi connectivity index (χ4v) is 4.35. The third kappa shape index (κ3) is 3.12. The first kappa shape index (κ1) is 16.4. The molecule has 1 aromatic heterocycles. The van der Waals surface area contributed by atoms with Gasteiger partial charge in [0.05, 0.1) is 17.3 Å². The van der Waals surface area contributed by atoms with E-state index in [-0.39, 0.29) is 29.6 Å². The second-order valence-electron chi connectivity index (χ2n) is 5.07. The van der Waals surface area contributed by atoms with Crippen molar-refractivity contribution >= 4 is 21.6 Å². The average molecular weight is 361 g/mol. The summed E-state index contributed by atoms with van der Waals surface area (Å²) in [5.74, 6) is 0.487. The largest absolute Gasteiger partial charge is 0.443 e.